The first-order chi connectivity index (χ1) is 16.1. The number of nitrogens with zero attached hydrogens (tertiary/aromatic N) is 3. The first-order valence-electron chi connectivity index (χ1n) is 11.0. The lowest BCUT2D eigenvalue weighted by Gasteiger charge is -2.24. The summed E-state index contributed by atoms with van der Waals surface area (Å²) in [4.78, 5) is 4.51. The van der Waals surface area contributed by atoms with E-state index in [9.17, 15) is 0 Å². The van der Waals surface area contributed by atoms with Gasteiger partial charge in [0.1, 0.15) is 17.1 Å². The number of fused-ring (bicyclic) bond motifs is 2. The first kappa shape index (κ1) is 25.0. The largest absolute Gasteiger partial charge is 1.00 e. The third-order valence-electron chi connectivity index (χ3n) is 5.82. The van der Waals surface area contributed by atoms with Crippen LogP contribution < -0.4 is 38.3 Å². The Morgan fingerprint density at radius 2 is 1.59 bits per heavy atom. The number of halogens is 3. The monoisotopic (exact) mass is 619 g/mol. The van der Waals surface area contributed by atoms with Gasteiger partial charge >= 0.3 is 0 Å². The van der Waals surface area contributed by atoms with Crippen molar-refractivity contribution in [2.24, 2.45) is 0 Å². The van der Waals surface area contributed by atoms with Gasteiger partial charge in [0.15, 0.2) is 0 Å². The third kappa shape index (κ3) is 4.47. The number of benzene rings is 3. The second-order valence-corrected chi connectivity index (χ2v) is 9.58. The van der Waals surface area contributed by atoms with Crippen molar-refractivity contribution in [1.29, 1.82) is 0 Å². The molecule has 0 radical (unpaired) electrons. The van der Waals surface area contributed by atoms with Crippen LogP contribution in [-0.2, 0) is 6.54 Å². The van der Waals surface area contributed by atoms with Crippen LogP contribution in [-0.4, -0.2) is 6.54 Å². The van der Waals surface area contributed by atoms with Crippen LogP contribution in [0.15, 0.2) is 84.7 Å². The lowest BCUT2D eigenvalue weighted by atomic mass is 10.2. The Kier molecular flexibility index (Phi) is 7.87. The Morgan fingerprint density at radius 1 is 0.912 bits per heavy atom. The molecule has 0 amide bonds. The number of thiazole rings is 1. The lowest BCUT2D eigenvalue weighted by molar-refractivity contribution is -0.665. The SMILES string of the molecule is CCN1/C(=C/C=C/c2sc3ccccc3[n+]2CC)N(c2ccccc2)c2cc(Cl)c(Cl)cc21.[I-]. The van der Waals surface area contributed by atoms with Gasteiger partial charge < -0.3 is 28.9 Å². The van der Waals surface area contributed by atoms with Gasteiger partial charge in [-0.05, 0) is 50.3 Å². The van der Waals surface area contributed by atoms with Crippen LogP contribution in [0, 0.1) is 0 Å². The van der Waals surface area contributed by atoms with Gasteiger partial charge in [-0.25, -0.2) is 0 Å². The molecule has 2 heterocycles. The lowest BCUT2D eigenvalue weighted by Crippen LogP contribution is -3.00. The summed E-state index contributed by atoms with van der Waals surface area (Å²) >= 11 is 14.6. The molecule has 1 aromatic heterocycles. The summed E-state index contributed by atoms with van der Waals surface area (Å²) in [5, 5.41) is 2.35. The maximum atomic E-state index is 6.43. The van der Waals surface area contributed by atoms with E-state index >= 15 is 0 Å². The molecule has 0 unspecified atom stereocenters. The number of hydrogen-bond acceptors (Lipinski definition) is 3. The highest BCUT2D eigenvalue weighted by Gasteiger charge is 2.32. The maximum absolute atomic E-state index is 6.43. The zero-order valence-corrected chi connectivity index (χ0v) is 23.4. The van der Waals surface area contributed by atoms with Crippen molar-refractivity contribution in [3.05, 3.63) is 99.8 Å². The molecule has 0 atom stereocenters. The van der Waals surface area contributed by atoms with Crippen LogP contribution in [0.5, 0.6) is 0 Å². The van der Waals surface area contributed by atoms with Gasteiger partial charge in [0.25, 0.3) is 5.01 Å². The Hall–Kier alpha value is -2.06. The van der Waals surface area contributed by atoms with Gasteiger partial charge in [-0.3, -0.25) is 4.90 Å². The highest BCUT2D eigenvalue weighted by molar-refractivity contribution is 7.18. The second-order valence-electron chi connectivity index (χ2n) is 7.71. The molecule has 3 nitrogen and oxygen atoms in total. The summed E-state index contributed by atoms with van der Waals surface area (Å²) in [5.41, 5.74) is 4.44. The van der Waals surface area contributed by atoms with Crippen LogP contribution in [0.25, 0.3) is 16.3 Å². The molecule has 0 N–H and O–H groups in total. The summed E-state index contributed by atoms with van der Waals surface area (Å²) in [7, 11) is 0. The summed E-state index contributed by atoms with van der Waals surface area (Å²) in [6.07, 6.45) is 6.50. The Labute approximate surface area is 231 Å². The highest BCUT2D eigenvalue weighted by Crippen LogP contribution is 2.48. The molecule has 0 fully saturated rings. The van der Waals surface area contributed by atoms with E-state index in [-0.39, 0.29) is 24.0 Å². The number of para-hydroxylation sites is 2. The summed E-state index contributed by atoms with van der Waals surface area (Å²) in [6, 6.07) is 22.8. The van der Waals surface area contributed by atoms with Crippen LogP contribution in [0.4, 0.5) is 17.1 Å². The summed E-state index contributed by atoms with van der Waals surface area (Å²) < 4.78 is 3.65. The van der Waals surface area contributed by atoms with E-state index in [1.165, 1.54) is 15.2 Å². The molecule has 0 saturated carbocycles. The van der Waals surface area contributed by atoms with Gasteiger partial charge in [-0.15, -0.1) is 0 Å². The average Bonchev–Trinajstić information content (AvgIpc) is 3.34. The van der Waals surface area contributed by atoms with E-state index in [2.05, 4.69) is 95.0 Å². The van der Waals surface area contributed by atoms with E-state index in [1.807, 2.05) is 29.5 Å². The molecular formula is C27H24Cl2IN3S. The van der Waals surface area contributed by atoms with Crippen molar-refractivity contribution in [3.63, 3.8) is 0 Å². The van der Waals surface area contributed by atoms with Gasteiger partial charge in [-0.2, -0.15) is 4.57 Å². The Balaban J connectivity index is 0.00000274. The molecule has 7 heteroatoms. The van der Waals surface area contributed by atoms with Gasteiger partial charge in [0.05, 0.1) is 21.4 Å². The summed E-state index contributed by atoms with van der Waals surface area (Å²) in [6.45, 7) is 6.08. The molecule has 0 aliphatic carbocycles. The smallest absolute Gasteiger partial charge is 0.262 e. The molecule has 3 aromatic carbocycles. The standard InChI is InChI=1S/C27H24Cl2N3S.HI/c1-3-30-23-17-20(28)21(29)18-24(23)32(19-11-6-5-7-12-19)26(30)15-10-16-27-31(4-2)22-13-8-9-14-25(22)33-27;/h5-18H,3-4H2,1-2H3;1H/q+1;/p-1. The third-order valence-corrected chi connectivity index (χ3v) is 7.68. The molecule has 1 aliphatic rings. The van der Waals surface area contributed by atoms with Crippen LogP contribution in [0.1, 0.15) is 18.9 Å². The molecule has 0 bridgehead atoms. The maximum Gasteiger partial charge on any atom is 0.262 e. The Morgan fingerprint density at radius 3 is 2.29 bits per heavy atom. The number of aromatic nitrogens is 1. The number of rotatable bonds is 5. The molecule has 1 aliphatic heterocycles. The average molecular weight is 620 g/mol. The zero-order chi connectivity index (χ0) is 22.9. The normalized spacial score (nSPS) is 14.3. The van der Waals surface area contributed by atoms with Gasteiger partial charge in [0, 0.05) is 24.4 Å². The van der Waals surface area contributed by atoms with E-state index in [4.69, 9.17) is 23.2 Å². The first-order valence-corrected chi connectivity index (χ1v) is 12.6. The predicted octanol–water partition coefficient (Wildman–Crippen LogP) is 5.05. The van der Waals surface area contributed by atoms with Crippen molar-refractivity contribution in [3.8, 4) is 0 Å². The Bertz CT molecular complexity index is 1380. The molecule has 0 spiro atoms. The van der Waals surface area contributed by atoms with Crippen LogP contribution >= 0.6 is 34.5 Å². The number of aryl methyl sites for hydroxylation is 1. The minimum Gasteiger partial charge on any atom is -1.00 e. The highest BCUT2D eigenvalue weighted by atomic mass is 127. The minimum atomic E-state index is 0. The molecule has 0 saturated heterocycles. The van der Waals surface area contributed by atoms with Gasteiger partial charge in [-0.1, -0.05) is 70.9 Å². The van der Waals surface area contributed by atoms with E-state index in [0.29, 0.717) is 10.0 Å². The molecular weight excluding hydrogens is 596 g/mol. The van der Waals surface area contributed by atoms with Crippen molar-refractivity contribution in [2.75, 3.05) is 16.3 Å². The van der Waals surface area contributed by atoms with E-state index < -0.39 is 0 Å². The van der Waals surface area contributed by atoms with E-state index in [0.717, 1.165) is 36.0 Å². The van der Waals surface area contributed by atoms with Crippen molar-refractivity contribution in [2.45, 2.75) is 20.4 Å². The van der Waals surface area contributed by atoms with Gasteiger partial charge in [0.2, 0.25) is 5.52 Å². The van der Waals surface area contributed by atoms with Crippen molar-refractivity contribution < 1.29 is 28.5 Å². The minimum absolute atomic E-state index is 0. The quantitative estimate of drug-likeness (QED) is 0.229. The van der Waals surface area contributed by atoms with E-state index in [1.54, 1.807) is 0 Å². The number of allylic oxidation sites excluding steroid dienone is 2. The summed E-state index contributed by atoms with van der Waals surface area (Å²) in [5.74, 6) is 1.07. The second kappa shape index (κ2) is 10.7. The fourth-order valence-corrected chi connectivity index (χ4v) is 5.81. The molecule has 5 rings (SSSR count). The molecule has 34 heavy (non-hydrogen) atoms. The number of hydrogen-bond donors (Lipinski definition) is 0. The van der Waals surface area contributed by atoms with Crippen LogP contribution in [0.2, 0.25) is 10.0 Å². The van der Waals surface area contributed by atoms with Crippen LogP contribution in [0.3, 0.4) is 0 Å². The predicted molar refractivity (Wildman–Crippen MR) is 143 cm³/mol. The van der Waals surface area contributed by atoms with Crippen molar-refractivity contribution in [1.82, 2.24) is 0 Å². The fourth-order valence-electron chi connectivity index (χ4n) is 4.35. The molecule has 174 valence electrons. The van der Waals surface area contributed by atoms with Crippen molar-refractivity contribution >= 4 is 67.9 Å². The topological polar surface area (TPSA) is 10.4 Å². The number of anilines is 3. The zero-order valence-electron chi connectivity index (χ0n) is 18.9. The molecule has 4 aromatic rings. The fraction of sp³-hybridized carbons (Fsp3) is 0.148.